The van der Waals surface area contributed by atoms with Gasteiger partial charge in [-0.1, -0.05) is 42.5 Å². The van der Waals surface area contributed by atoms with Gasteiger partial charge in [-0.25, -0.2) is 9.78 Å². The van der Waals surface area contributed by atoms with Crippen LogP contribution in [0.5, 0.6) is 0 Å². The van der Waals surface area contributed by atoms with Crippen LogP contribution in [0.1, 0.15) is 45.7 Å². The summed E-state index contributed by atoms with van der Waals surface area (Å²) in [4.78, 5) is 36.7. The van der Waals surface area contributed by atoms with Crippen molar-refractivity contribution in [2.45, 2.75) is 44.8 Å². The summed E-state index contributed by atoms with van der Waals surface area (Å²) in [5, 5.41) is 9.17. The number of carboxylic acids is 1. The Kier molecular flexibility index (Phi) is 6.45. The first-order valence-corrected chi connectivity index (χ1v) is 12.0. The summed E-state index contributed by atoms with van der Waals surface area (Å²) in [7, 11) is 0. The number of hydrogen-bond acceptors (Lipinski definition) is 4. The van der Waals surface area contributed by atoms with E-state index in [9.17, 15) is 14.7 Å². The summed E-state index contributed by atoms with van der Waals surface area (Å²) in [5.41, 5.74) is 4.64. The van der Waals surface area contributed by atoms with Crippen LogP contribution in [-0.4, -0.2) is 55.9 Å². The first-order valence-electron chi connectivity index (χ1n) is 12.0. The topological polar surface area (TPSA) is 89.5 Å². The average Bonchev–Trinajstić information content (AvgIpc) is 3.32. The lowest BCUT2D eigenvalue weighted by Gasteiger charge is -2.39. The molecule has 3 aromatic rings. The molecule has 1 atom stereocenters. The van der Waals surface area contributed by atoms with Crippen molar-refractivity contribution in [3.8, 4) is 0 Å². The summed E-state index contributed by atoms with van der Waals surface area (Å²) < 4.78 is 0. The normalized spacial score (nSPS) is 19.1. The number of aromatic nitrogens is 2. The largest absolute Gasteiger partial charge is 0.478 e. The molecule has 1 aromatic heterocycles. The van der Waals surface area contributed by atoms with Gasteiger partial charge in [-0.05, 0) is 48.4 Å². The van der Waals surface area contributed by atoms with Gasteiger partial charge in [0.2, 0.25) is 5.91 Å². The second-order valence-electron chi connectivity index (χ2n) is 9.41. The van der Waals surface area contributed by atoms with Gasteiger partial charge in [0, 0.05) is 32.6 Å². The SMILES string of the molecule is O=C(O)c1ccc(CN2Cc3[nH]cnc3CC2C(=O)N2CCC(Cc3ccccc3)CC2)cc1. The smallest absolute Gasteiger partial charge is 0.335 e. The van der Waals surface area contributed by atoms with Crippen LogP contribution in [0.25, 0.3) is 0 Å². The molecular weight excluding hydrogens is 428 g/mol. The van der Waals surface area contributed by atoms with E-state index in [4.69, 9.17) is 0 Å². The Morgan fingerprint density at radius 3 is 2.44 bits per heavy atom. The maximum atomic E-state index is 13.7. The van der Waals surface area contributed by atoms with Crippen molar-refractivity contribution in [3.63, 3.8) is 0 Å². The molecule has 176 valence electrons. The van der Waals surface area contributed by atoms with Gasteiger partial charge in [0.25, 0.3) is 0 Å². The first-order chi connectivity index (χ1) is 16.6. The number of aromatic amines is 1. The van der Waals surface area contributed by atoms with Crippen LogP contribution >= 0.6 is 0 Å². The third-order valence-corrected chi connectivity index (χ3v) is 7.16. The predicted octanol–water partition coefficient (Wildman–Crippen LogP) is 3.52. The molecule has 0 radical (unpaired) electrons. The maximum Gasteiger partial charge on any atom is 0.335 e. The number of aromatic carboxylic acids is 1. The highest BCUT2D eigenvalue weighted by atomic mass is 16.4. The number of likely N-dealkylation sites (tertiary alicyclic amines) is 1. The maximum absolute atomic E-state index is 13.7. The molecule has 0 aliphatic carbocycles. The Morgan fingerprint density at radius 2 is 1.74 bits per heavy atom. The number of rotatable bonds is 6. The third-order valence-electron chi connectivity index (χ3n) is 7.16. The van der Waals surface area contributed by atoms with E-state index in [0.717, 1.165) is 49.3 Å². The predicted molar refractivity (Wildman–Crippen MR) is 128 cm³/mol. The number of carboxylic acid groups (broad SMARTS) is 1. The van der Waals surface area contributed by atoms with Crippen molar-refractivity contribution < 1.29 is 14.7 Å². The fraction of sp³-hybridized carbons (Fsp3) is 0.370. The molecule has 2 N–H and O–H groups in total. The average molecular weight is 459 g/mol. The summed E-state index contributed by atoms with van der Waals surface area (Å²) in [6.07, 6.45) is 5.41. The van der Waals surface area contributed by atoms with Crippen molar-refractivity contribution in [3.05, 3.63) is 89.0 Å². The number of hydrogen-bond donors (Lipinski definition) is 2. The van der Waals surface area contributed by atoms with Crippen LogP contribution in [0.2, 0.25) is 0 Å². The summed E-state index contributed by atoms with van der Waals surface area (Å²) in [6, 6.07) is 17.2. The van der Waals surface area contributed by atoms with Crippen LogP contribution < -0.4 is 0 Å². The van der Waals surface area contributed by atoms with E-state index in [-0.39, 0.29) is 17.5 Å². The van der Waals surface area contributed by atoms with Crippen LogP contribution in [-0.2, 0) is 30.7 Å². The molecule has 34 heavy (non-hydrogen) atoms. The van der Waals surface area contributed by atoms with E-state index in [1.807, 2.05) is 23.1 Å². The number of H-pyrrole nitrogens is 1. The molecular formula is C27H30N4O3. The summed E-state index contributed by atoms with van der Waals surface area (Å²) >= 11 is 0. The molecule has 1 amide bonds. The van der Waals surface area contributed by atoms with Crippen LogP contribution in [0.3, 0.4) is 0 Å². The highest BCUT2D eigenvalue weighted by molar-refractivity contribution is 5.87. The molecule has 2 aliphatic rings. The zero-order valence-corrected chi connectivity index (χ0v) is 19.2. The minimum atomic E-state index is -0.935. The molecule has 0 spiro atoms. The quantitative estimate of drug-likeness (QED) is 0.590. The fourth-order valence-corrected chi connectivity index (χ4v) is 5.20. The lowest BCUT2D eigenvalue weighted by atomic mass is 9.89. The van der Waals surface area contributed by atoms with Crippen molar-refractivity contribution in [2.24, 2.45) is 5.92 Å². The monoisotopic (exact) mass is 458 g/mol. The molecule has 1 fully saturated rings. The second kappa shape index (κ2) is 9.81. The van der Waals surface area contributed by atoms with Crippen molar-refractivity contribution in [1.29, 1.82) is 0 Å². The Labute approximate surface area is 199 Å². The Morgan fingerprint density at radius 1 is 1.00 bits per heavy atom. The number of nitrogens with zero attached hydrogens (tertiary/aromatic N) is 3. The fourth-order valence-electron chi connectivity index (χ4n) is 5.20. The van der Waals surface area contributed by atoms with Gasteiger partial charge in [-0.2, -0.15) is 0 Å². The standard InChI is InChI=1S/C27H30N4O3/c32-26(30-12-10-20(11-13-30)14-19-4-2-1-3-5-19)25-15-23-24(29-18-28-23)17-31(25)16-21-6-8-22(9-7-21)27(33)34/h1-9,18,20,25H,10-17H2,(H,28,29)(H,33,34). The number of imidazole rings is 1. The highest BCUT2D eigenvalue weighted by Gasteiger charge is 2.36. The number of carbonyl (C=O) groups excluding carboxylic acids is 1. The van der Waals surface area contributed by atoms with E-state index in [1.54, 1.807) is 18.5 Å². The van der Waals surface area contributed by atoms with Crippen LogP contribution in [0, 0.1) is 5.92 Å². The molecule has 7 heteroatoms. The van der Waals surface area contributed by atoms with E-state index < -0.39 is 5.97 Å². The lowest BCUT2D eigenvalue weighted by Crippen LogP contribution is -2.53. The summed E-state index contributed by atoms with van der Waals surface area (Å²) in [5.74, 6) is -0.149. The Bertz CT molecular complexity index is 1130. The number of fused-ring (bicyclic) bond motifs is 1. The zero-order chi connectivity index (χ0) is 23.5. The first kappa shape index (κ1) is 22.3. The number of amides is 1. The van der Waals surface area contributed by atoms with Crippen LogP contribution in [0.15, 0.2) is 60.9 Å². The summed E-state index contributed by atoms with van der Waals surface area (Å²) in [6.45, 7) is 2.79. The molecule has 0 saturated carbocycles. The number of nitrogens with one attached hydrogen (secondary N) is 1. The minimum absolute atomic E-state index is 0.175. The Hall–Kier alpha value is -3.45. The molecule has 1 unspecified atom stereocenters. The molecule has 2 aromatic carbocycles. The van der Waals surface area contributed by atoms with Gasteiger partial charge in [0.1, 0.15) is 0 Å². The number of benzene rings is 2. The zero-order valence-electron chi connectivity index (χ0n) is 19.2. The Balaban J connectivity index is 1.26. The van der Waals surface area contributed by atoms with Crippen LogP contribution in [0.4, 0.5) is 0 Å². The van der Waals surface area contributed by atoms with Gasteiger partial charge < -0.3 is 15.0 Å². The molecule has 3 heterocycles. The second-order valence-corrected chi connectivity index (χ2v) is 9.41. The third kappa shape index (κ3) is 4.89. The number of carbonyl (C=O) groups is 2. The van der Waals surface area contributed by atoms with E-state index >= 15 is 0 Å². The van der Waals surface area contributed by atoms with Crippen molar-refractivity contribution in [2.75, 3.05) is 13.1 Å². The van der Waals surface area contributed by atoms with E-state index in [2.05, 4.69) is 39.1 Å². The molecule has 7 nitrogen and oxygen atoms in total. The van der Waals surface area contributed by atoms with Gasteiger partial charge in [0.05, 0.1) is 29.3 Å². The molecule has 0 bridgehead atoms. The van der Waals surface area contributed by atoms with Gasteiger partial charge >= 0.3 is 5.97 Å². The molecule has 5 rings (SSSR count). The molecule has 1 saturated heterocycles. The van der Waals surface area contributed by atoms with E-state index in [1.165, 1.54) is 5.56 Å². The van der Waals surface area contributed by atoms with E-state index in [0.29, 0.717) is 25.4 Å². The van der Waals surface area contributed by atoms with Crippen molar-refractivity contribution in [1.82, 2.24) is 19.8 Å². The highest BCUT2D eigenvalue weighted by Crippen LogP contribution is 2.27. The van der Waals surface area contributed by atoms with Crippen molar-refractivity contribution >= 4 is 11.9 Å². The van der Waals surface area contributed by atoms with Gasteiger partial charge in [0.15, 0.2) is 0 Å². The van der Waals surface area contributed by atoms with Gasteiger partial charge in [-0.15, -0.1) is 0 Å². The van der Waals surface area contributed by atoms with Gasteiger partial charge in [-0.3, -0.25) is 9.69 Å². The number of piperidine rings is 1. The minimum Gasteiger partial charge on any atom is -0.478 e. The molecule has 2 aliphatic heterocycles. The lowest BCUT2D eigenvalue weighted by molar-refractivity contribution is -0.139.